The number of amides is 1. The number of carboxylic acid groups (broad SMARTS) is 1. The van der Waals surface area contributed by atoms with Gasteiger partial charge in [0.05, 0.1) is 4.95 Å². The zero-order valence-corrected chi connectivity index (χ0v) is 12.6. The van der Waals surface area contributed by atoms with E-state index in [1.165, 1.54) is 25.7 Å². The summed E-state index contributed by atoms with van der Waals surface area (Å²) < 4.78 is 0. The maximum Gasteiger partial charge on any atom is 0.405 e. The number of hydrogen-bond donors (Lipinski definition) is 2. The second-order valence-corrected chi connectivity index (χ2v) is 4.66. The van der Waals surface area contributed by atoms with E-state index in [-0.39, 0.29) is 21.9 Å². The minimum absolute atomic E-state index is 0. The number of nitrogens with one attached hydrogen (secondary N) is 1. The molecule has 2 atom stereocenters. The Morgan fingerprint density at radius 3 is 2.47 bits per heavy atom. The topological polar surface area (TPSA) is 49.3 Å². The maximum atomic E-state index is 10.3. The lowest BCUT2D eigenvalue weighted by Crippen LogP contribution is -2.33. The van der Waals surface area contributed by atoms with Gasteiger partial charge in [-0.1, -0.05) is 55.5 Å². The molecule has 0 bridgehead atoms. The summed E-state index contributed by atoms with van der Waals surface area (Å²) in [6, 6.07) is 0. The lowest BCUT2D eigenvalue weighted by atomic mass is 10.0. The maximum absolute atomic E-state index is 10.3. The standard InChI is InChI=1S/C10H20BrNO2.BrH/c1-3-4-5-6-7-8(2)9(11)12-10(13)14;/h8-9,12H,3-7H2,1-2H3,(H,13,14);1H. The largest absolute Gasteiger partial charge is 0.465 e. The van der Waals surface area contributed by atoms with Crippen molar-refractivity contribution < 1.29 is 9.90 Å². The molecule has 0 fully saturated rings. The van der Waals surface area contributed by atoms with Crippen molar-refractivity contribution in [2.24, 2.45) is 5.92 Å². The van der Waals surface area contributed by atoms with E-state index < -0.39 is 6.09 Å². The van der Waals surface area contributed by atoms with E-state index in [1.807, 2.05) is 0 Å². The summed E-state index contributed by atoms with van der Waals surface area (Å²) in [5.41, 5.74) is 0. The van der Waals surface area contributed by atoms with E-state index in [4.69, 9.17) is 5.11 Å². The molecule has 0 rings (SSSR count). The molecular formula is C10H21Br2NO2. The zero-order chi connectivity index (χ0) is 11.0. The molecule has 2 N–H and O–H groups in total. The van der Waals surface area contributed by atoms with Crippen molar-refractivity contribution >= 4 is 39.0 Å². The van der Waals surface area contributed by atoms with Gasteiger partial charge in [0.25, 0.3) is 0 Å². The van der Waals surface area contributed by atoms with Crippen LogP contribution in [-0.2, 0) is 0 Å². The van der Waals surface area contributed by atoms with Gasteiger partial charge in [-0.3, -0.25) is 0 Å². The smallest absolute Gasteiger partial charge is 0.405 e. The summed E-state index contributed by atoms with van der Waals surface area (Å²) >= 11 is 3.32. The van der Waals surface area contributed by atoms with Crippen molar-refractivity contribution in [2.75, 3.05) is 0 Å². The third kappa shape index (κ3) is 10.5. The quantitative estimate of drug-likeness (QED) is 0.413. The van der Waals surface area contributed by atoms with E-state index in [0.717, 1.165) is 6.42 Å². The molecule has 0 aliphatic rings. The number of alkyl halides is 1. The first-order chi connectivity index (χ1) is 6.57. The van der Waals surface area contributed by atoms with Crippen LogP contribution in [0, 0.1) is 5.92 Å². The first kappa shape index (κ1) is 17.6. The zero-order valence-electron chi connectivity index (χ0n) is 9.33. The molecule has 0 heterocycles. The first-order valence-electron chi connectivity index (χ1n) is 5.21. The lowest BCUT2D eigenvalue weighted by Gasteiger charge is -2.17. The molecular weight excluding hydrogens is 326 g/mol. The van der Waals surface area contributed by atoms with E-state index in [0.29, 0.717) is 5.92 Å². The Hall–Kier alpha value is 0.230. The Morgan fingerprint density at radius 2 is 2.00 bits per heavy atom. The summed E-state index contributed by atoms with van der Waals surface area (Å²) in [6.07, 6.45) is 5.03. The molecule has 0 aliphatic heterocycles. The van der Waals surface area contributed by atoms with Crippen LogP contribution >= 0.6 is 32.9 Å². The highest BCUT2D eigenvalue weighted by Crippen LogP contribution is 2.17. The van der Waals surface area contributed by atoms with Crippen LogP contribution in [0.4, 0.5) is 4.79 Å². The van der Waals surface area contributed by atoms with Gasteiger partial charge in [0, 0.05) is 0 Å². The molecule has 0 saturated heterocycles. The number of halogens is 2. The monoisotopic (exact) mass is 345 g/mol. The predicted octanol–water partition coefficient (Wildman–Crippen LogP) is 4.16. The second kappa shape index (κ2) is 10.7. The molecule has 0 aromatic heterocycles. The summed E-state index contributed by atoms with van der Waals surface area (Å²) in [7, 11) is 0. The van der Waals surface area contributed by atoms with Gasteiger partial charge in [0.15, 0.2) is 0 Å². The molecule has 2 unspecified atom stereocenters. The summed E-state index contributed by atoms with van der Waals surface area (Å²) in [5.74, 6) is 0.350. The van der Waals surface area contributed by atoms with Gasteiger partial charge in [-0.05, 0) is 12.3 Å². The Balaban J connectivity index is 0. The van der Waals surface area contributed by atoms with Crippen LogP contribution < -0.4 is 5.32 Å². The van der Waals surface area contributed by atoms with Gasteiger partial charge in [-0.2, -0.15) is 0 Å². The third-order valence-electron chi connectivity index (χ3n) is 2.27. The molecule has 5 heteroatoms. The highest BCUT2D eigenvalue weighted by atomic mass is 79.9. The van der Waals surface area contributed by atoms with Gasteiger partial charge < -0.3 is 10.4 Å². The number of hydrogen-bond acceptors (Lipinski definition) is 1. The van der Waals surface area contributed by atoms with Gasteiger partial charge in [-0.25, -0.2) is 4.79 Å². The summed E-state index contributed by atoms with van der Waals surface area (Å²) in [6.45, 7) is 4.24. The van der Waals surface area contributed by atoms with Crippen molar-refractivity contribution in [3.05, 3.63) is 0 Å². The molecule has 0 aliphatic carbocycles. The predicted molar refractivity (Wildman–Crippen MR) is 72.1 cm³/mol. The Kier molecular flexibility index (Phi) is 12.6. The van der Waals surface area contributed by atoms with Crippen LogP contribution in [0.15, 0.2) is 0 Å². The van der Waals surface area contributed by atoms with Gasteiger partial charge >= 0.3 is 6.09 Å². The van der Waals surface area contributed by atoms with Gasteiger partial charge in [0.1, 0.15) is 0 Å². The average Bonchev–Trinajstić information content (AvgIpc) is 2.11. The normalized spacial score (nSPS) is 13.8. The lowest BCUT2D eigenvalue weighted by molar-refractivity contribution is 0.191. The van der Waals surface area contributed by atoms with Crippen LogP contribution in [0.2, 0.25) is 0 Å². The van der Waals surface area contributed by atoms with Crippen molar-refractivity contribution in [1.82, 2.24) is 5.32 Å². The van der Waals surface area contributed by atoms with Crippen LogP contribution in [0.1, 0.15) is 46.0 Å². The summed E-state index contributed by atoms with van der Waals surface area (Å²) in [5, 5.41) is 10.9. The highest BCUT2D eigenvalue weighted by molar-refractivity contribution is 9.09. The minimum atomic E-state index is -0.965. The Morgan fingerprint density at radius 1 is 1.40 bits per heavy atom. The second-order valence-electron chi connectivity index (χ2n) is 3.68. The van der Waals surface area contributed by atoms with Crippen LogP contribution in [0.5, 0.6) is 0 Å². The molecule has 92 valence electrons. The number of carbonyl (C=O) groups is 1. The van der Waals surface area contributed by atoms with Gasteiger partial charge in [-0.15, -0.1) is 17.0 Å². The van der Waals surface area contributed by atoms with Crippen molar-refractivity contribution in [3.63, 3.8) is 0 Å². The average molecular weight is 347 g/mol. The molecule has 0 saturated carbocycles. The minimum Gasteiger partial charge on any atom is -0.465 e. The third-order valence-corrected chi connectivity index (χ3v) is 3.41. The van der Waals surface area contributed by atoms with E-state index in [9.17, 15) is 4.79 Å². The SMILES string of the molecule is Br.CCCCCCC(C)C(Br)NC(=O)O. The highest BCUT2D eigenvalue weighted by Gasteiger charge is 2.14. The fraction of sp³-hybridized carbons (Fsp3) is 0.900. The Bertz CT molecular complexity index is 168. The van der Waals surface area contributed by atoms with E-state index in [1.54, 1.807) is 0 Å². The van der Waals surface area contributed by atoms with E-state index in [2.05, 4.69) is 35.1 Å². The molecule has 0 aromatic rings. The van der Waals surface area contributed by atoms with E-state index >= 15 is 0 Å². The molecule has 0 radical (unpaired) electrons. The molecule has 0 spiro atoms. The molecule has 3 nitrogen and oxygen atoms in total. The fourth-order valence-corrected chi connectivity index (χ4v) is 1.76. The van der Waals surface area contributed by atoms with Crippen LogP contribution in [0.3, 0.4) is 0 Å². The van der Waals surface area contributed by atoms with Crippen LogP contribution in [0.25, 0.3) is 0 Å². The first-order valence-corrected chi connectivity index (χ1v) is 6.13. The molecule has 1 amide bonds. The molecule has 0 aromatic carbocycles. The number of unbranched alkanes of at least 4 members (excludes halogenated alkanes) is 3. The van der Waals surface area contributed by atoms with Crippen LogP contribution in [-0.4, -0.2) is 16.2 Å². The van der Waals surface area contributed by atoms with Crippen molar-refractivity contribution in [2.45, 2.75) is 50.9 Å². The fourth-order valence-electron chi connectivity index (χ4n) is 1.30. The van der Waals surface area contributed by atoms with Crippen molar-refractivity contribution in [1.29, 1.82) is 0 Å². The molecule has 15 heavy (non-hydrogen) atoms. The van der Waals surface area contributed by atoms with Crippen molar-refractivity contribution in [3.8, 4) is 0 Å². The number of rotatable bonds is 7. The Labute approximate surface area is 111 Å². The summed E-state index contributed by atoms with van der Waals surface area (Å²) in [4.78, 5) is 10.2. The van der Waals surface area contributed by atoms with Gasteiger partial charge in [0.2, 0.25) is 0 Å².